The largest absolute Gasteiger partial charge is 0.374 e. The minimum Gasteiger partial charge on any atom is -0.374 e. The zero-order valence-electron chi connectivity index (χ0n) is 9.01. The van der Waals surface area contributed by atoms with E-state index >= 15 is 0 Å². The molecule has 16 heavy (non-hydrogen) atoms. The molecule has 1 N–H and O–H groups in total. The van der Waals surface area contributed by atoms with Gasteiger partial charge in [0.2, 0.25) is 0 Å². The number of benzene rings is 1. The van der Waals surface area contributed by atoms with Gasteiger partial charge in [-0.05, 0) is 19.1 Å². The first-order valence-corrected chi connectivity index (χ1v) is 6.89. The first kappa shape index (κ1) is 11.4. The normalized spacial score (nSPS) is 10.3. The molecular formula is C11H13N3S2. The Morgan fingerprint density at radius 1 is 1.31 bits per heavy atom. The van der Waals surface area contributed by atoms with Gasteiger partial charge in [0, 0.05) is 28.7 Å². The lowest BCUT2D eigenvalue weighted by Crippen LogP contribution is -1.97. The van der Waals surface area contributed by atoms with Crippen molar-refractivity contribution >= 4 is 28.3 Å². The Hall–Kier alpha value is -1.07. The molecule has 2 rings (SSSR count). The van der Waals surface area contributed by atoms with E-state index in [1.807, 2.05) is 18.2 Å². The molecule has 0 atom stereocenters. The van der Waals surface area contributed by atoms with Crippen molar-refractivity contribution in [2.24, 2.45) is 0 Å². The SMILES string of the molecule is CCNc1snnc1CSc1ccccc1. The van der Waals surface area contributed by atoms with Gasteiger partial charge in [-0.3, -0.25) is 0 Å². The summed E-state index contributed by atoms with van der Waals surface area (Å²) in [5.41, 5.74) is 1.04. The van der Waals surface area contributed by atoms with Crippen molar-refractivity contribution < 1.29 is 0 Å². The lowest BCUT2D eigenvalue weighted by atomic mass is 10.4. The summed E-state index contributed by atoms with van der Waals surface area (Å²) < 4.78 is 3.97. The molecule has 0 saturated heterocycles. The molecule has 1 heterocycles. The van der Waals surface area contributed by atoms with Gasteiger partial charge in [0.1, 0.15) is 10.7 Å². The van der Waals surface area contributed by atoms with Crippen molar-refractivity contribution in [3.63, 3.8) is 0 Å². The summed E-state index contributed by atoms with van der Waals surface area (Å²) in [4.78, 5) is 1.26. The first-order chi connectivity index (χ1) is 7.90. The molecule has 0 aliphatic heterocycles. The maximum atomic E-state index is 4.14. The predicted molar refractivity (Wildman–Crippen MR) is 70.1 cm³/mol. The highest BCUT2D eigenvalue weighted by atomic mass is 32.2. The highest BCUT2D eigenvalue weighted by Crippen LogP contribution is 2.26. The fraction of sp³-hybridized carbons (Fsp3) is 0.273. The number of nitrogens with one attached hydrogen (secondary N) is 1. The van der Waals surface area contributed by atoms with Gasteiger partial charge < -0.3 is 5.32 Å². The topological polar surface area (TPSA) is 37.8 Å². The van der Waals surface area contributed by atoms with Crippen LogP contribution in [-0.2, 0) is 5.75 Å². The highest BCUT2D eigenvalue weighted by molar-refractivity contribution is 7.98. The summed E-state index contributed by atoms with van der Waals surface area (Å²) >= 11 is 3.21. The van der Waals surface area contributed by atoms with Crippen molar-refractivity contribution in [1.82, 2.24) is 9.59 Å². The molecule has 1 aromatic heterocycles. The number of hydrogen-bond donors (Lipinski definition) is 1. The zero-order valence-corrected chi connectivity index (χ0v) is 10.6. The lowest BCUT2D eigenvalue weighted by Gasteiger charge is -2.02. The number of nitrogens with zero attached hydrogens (tertiary/aromatic N) is 2. The summed E-state index contributed by atoms with van der Waals surface area (Å²) in [5.74, 6) is 0.864. The van der Waals surface area contributed by atoms with Crippen LogP contribution in [-0.4, -0.2) is 16.1 Å². The molecule has 5 heteroatoms. The number of thioether (sulfide) groups is 1. The van der Waals surface area contributed by atoms with Crippen molar-refractivity contribution in [3.05, 3.63) is 36.0 Å². The fourth-order valence-corrected chi connectivity index (χ4v) is 2.86. The van der Waals surface area contributed by atoms with E-state index < -0.39 is 0 Å². The highest BCUT2D eigenvalue weighted by Gasteiger charge is 2.06. The Morgan fingerprint density at radius 2 is 2.12 bits per heavy atom. The number of rotatable bonds is 5. The van der Waals surface area contributed by atoms with Crippen LogP contribution in [0.4, 0.5) is 5.00 Å². The van der Waals surface area contributed by atoms with E-state index in [9.17, 15) is 0 Å². The molecule has 84 valence electrons. The number of hydrogen-bond acceptors (Lipinski definition) is 5. The van der Waals surface area contributed by atoms with Gasteiger partial charge in [0.15, 0.2) is 0 Å². The molecular weight excluding hydrogens is 238 g/mol. The van der Waals surface area contributed by atoms with E-state index in [-0.39, 0.29) is 0 Å². The maximum absolute atomic E-state index is 4.14. The van der Waals surface area contributed by atoms with Crippen LogP contribution in [0.3, 0.4) is 0 Å². The lowest BCUT2D eigenvalue weighted by molar-refractivity contribution is 1.07. The predicted octanol–water partition coefficient (Wildman–Crippen LogP) is 3.26. The van der Waals surface area contributed by atoms with Gasteiger partial charge in [-0.1, -0.05) is 22.7 Å². The molecule has 0 unspecified atom stereocenters. The Kier molecular flexibility index (Phi) is 4.18. The van der Waals surface area contributed by atoms with Crippen LogP contribution in [0.15, 0.2) is 35.2 Å². The van der Waals surface area contributed by atoms with Gasteiger partial charge in [0.05, 0.1) is 0 Å². The molecule has 2 aromatic rings. The van der Waals surface area contributed by atoms with Gasteiger partial charge in [-0.2, -0.15) is 0 Å². The van der Waals surface area contributed by atoms with E-state index in [1.54, 1.807) is 11.8 Å². The van der Waals surface area contributed by atoms with Gasteiger partial charge in [-0.25, -0.2) is 0 Å². The second-order valence-corrected chi connectivity index (χ2v) is 4.98. The minimum absolute atomic E-state index is 0.864. The molecule has 0 aliphatic carbocycles. The zero-order chi connectivity index (χ0) is 11.2. The van der Waals surface area contributed by atoms with Crippen LogP contribution in [0, 0.1) is 0 Å². The molecule has 3 nitrogen and oxygen atoms in total. The molecule has 0 amide bonds. The van der Waals surface area contributed by atoms with Crippen LogP contribution in [0.1, 0.15) is 12.6 Å². The average Bonchev–Trinajstić information content (AvgIpc) is 2.76. The first-order valence-electron chi connectivity index (χ1n) is 5.13. The molecule has 0 radical (unpaired) electrons. The third kappa shape index (κ3) is 2.96. The fourth-order valence-electron chi connectivity index (χ4n) is 1.27. The monoisotopic (exact) mass is 251 g/mol. The number of aromatic nitrogens is 2. The van der Waals surface area contributed by atoms with Crippen molar-refractivity contribution in [3.8, 4) is 0 Å². The molecule has 0 fully saturated rings. The Balaban J connectivity index is 1.97. The van der Waals surface area contributed by atoms with Crippen LogP contribution in [0.5, 0.6) is 0 Å². The van der Waals surface area contributed by atoms with Crippen LogP contribution < -0.4 is 5.32 Å². The summed E-state index contributed by atoms with van der Waals surface area (Å²) in [6, 6.07) is 10.3. The minimum atomic E-state index is 0.864. The van der Waals surface area contributed by atoms with Gasteiger partial charge >= 0.3 is 0 Å². The third-order valence-electron chi connectivity index (χ3n) is 2.01. The van der Waals surface area contributed by atoms with Gasteiger partial charge in [-0.15, -0.1) is 16.9 Å². The Morgan fingerprint density at radius 3 is 2.88 bits per heavy atom. The Labute approximate surface area is 103 Å². The molecule has 0 aliphatic rings. The molecule has 0 saturated carbocycles. The van der Waals surface area contributed by atoms with Gasteiger partial charge in [0.25, 0.3) is 0 Å². The molecule has 1 aromatic carbocycles. The van der Waals surface area contributed by atoms with Crippen molar-refractivity contribution in [2.45, 2.75) is 17.6 Å². The third-order valence-corrected chi connectivity index (χ3v) is 3.76. The maximum Gasteiger partial charge on any atom is 0.134 e. The second kappa shape index (κ2) is 5.86. The van der Waals surface area contributed by atoms with E-state index in [4.69, 9.17) is 0 Å². The van der Waals surface area contributed by atoms with Crippen LogP contribution in [0.25, 0.3) is 0 Å². The van der Waals surface area contributed by atoms with E-state index in [1.165, 1.54) is 16.4 Å². The molecule has 0 bridgehead atoms. The number of anilines is 1. The van der Waals surface area contributed by atoms with Crippen LogP contribution in [0.2, 0.25) is 0 Å². The van der Waals surface area contributed by atoms with E-state index in [0.29, 0.717) is 0 Å². The average molecular weight is 251 g/mol. The summed E-state index contributed by atoms with van der Waals surface area (Å²) in [7, 11) is 0. The van der Waals surface area contributed by atoms with Crippen LogP contribution >= 0.6 is 23.3 Å². The standard InChI is InChI=1S/C11H13N3S2/c1-2-12-11-10(13-14-16-11)8-15-9-6-4-3-5-7-9/h3-7,12H,2,8H2,1H3. The molecule has 0 spiro atoms. The quantitative estimate of drug-likeness (QED) is 0.828. The van der Waals surface area contributed by atoms with E-state index in [0.717, 1.165) is 23.0 Å². The van der Waals surface area contributed by atoms with E-state index in [2.05, 4.69) is 34.0 Å². The van der Waals surface area contributed by atoms with Crippen molar-refractivity contribution in [1.29, 1.82) is 0 Å². The Bertz CT molecular complexity index is 428. The smallest absolute Gasteiger partial charge is 0.134 e. The van der Waals surface area contributed by atoms with Crippen molar-refractivity contribution in [2.75, 3.05) is 11.9 Å². The summed E-state index contributed by atoms with van der Waals surface area (Å²) in [5, 5.41) is 8.50. The summed E-state index contributed by atoms with van der Waals surface area (Å²) in [6.45, 7) is 2.99. The summed E-state index contributed by atoms with van der Waals surface area (Å²) in [6.07, 6.45) is 0. The second-order valence-electron chi connectivity index (χ2n) is 3.18.